The van der Waals surface area contributed by atoms with Gasteiger partial charge in [-0.1, -0.05) is 51.9 Å². The normalized spacial score (nSPS) is 10.2. The summed E-state index contributed by atoms with van der Waals surface area (Å²) in [5, 5.41) is 3.37. The molecule has 138 valence electrons. The highest BCUT2D eigenvalue weighted by molar-refractivity contribution is 5.96. The zero-order chi connectivity index (χ0) is 16.8. The third-order valence-corrected chi connectivity index (χ3v) is 4.15. The van der Waals surface area contributed by atoms with Gasteiger partial charge in [-0.05, 0) is 37.2 Å². The minimum absolute atomic E-state index is 0. The maximum Gasteiger partial charge on any atom is 0.164 e. The SMILES string of the molecule is CCCCCCCCCCNCCC(=O)c1ccc(OC)cc1.Cl. The van der Waals surface area contributed by atoms with E-state index in [-0.39, 0.29) is 18.2 Å². The van der Waals surface area contributed by atoms with Gasteiger partial charge < -0.3 is 10.1 Å². The van der Waals surface area contributed by atoms with E-state index in [1.807, 2.05) is 24.3 Å². The number of halogens is 1. The summed E-state index contributed by atoms with van der Waals surface area (Å²) in [7, 11) is 1.63. The summed E-state index contributed by atoms with van der Waals surface area (Å²) in [6, 6.07) is 7.34. The van der Waals surface area contributed by atoms with Crippen molar-refractivity contribution < 1.29 is 9.53 Å². The van der Waals surface area contributed by atoms with Gasteiger partial charge in [-0.3, -0.25) is 4.79 Å². The molecule has 0 bridgehead atoms. The monoisotopic (exact) mass is 355 g/mol. The summed E-state index contributed by atoms with van der Waals surface area (Å²) in [4.78, 5) is 12.0. The van der Waals surface area contributed by atoms with Crippen LogP contribution in [0.4, 0.5) is 0 Å². The first-order chi connectivity index (χ1) is 11.3. The Balaban J connectivity index is 0.00000529. The number of rotatable bonds is 14. The molecule has 0 aliphatic heterocycles. The van der Waals surface area contributed by atoms with E-state index < -0.39 is 0 Å². The number of ketones is 1. The number of carbonyl (C=O) groups is 1. The van der Waals surface area contributed by atoms with Crippen molar-refractivity contribution in [3.05, 3.63) is 29.8 Å². The van der Waals surface area contributed by atoms with E-state index in [0.29, 0.717) is 6.42 Å². The van der Waals surface area contributed by atoms with Gasteiger partial charge in [0.15, 0.2) is 5.78 Å². The number of hydrogen-bond donors (Lipinski definition) is 1. The van der Waals surface area contributed by atoms with Gasteiger partial charge in [-0.15, -0.1) is 12.4 Å². The highest BCUT2D eigenvalue weighted by Gasteiger charge is 2.05. The van der Waals surface area contributed by atoms with Crippen molar-refractivity contribution >= 4 is 18.2 Å². The van der Waals surface area contributed by atoms with E-state index in [9.17, 15) is 4.79 Å². The lowest BCUT2D eigenvalue weighted by molar-refractivity contribution is 0.0982. The first kappa shape index (κ1) is 22.9. The van der Waals surface area contributed by atoms with Crippen molar-refractivity contribution in [3.63, 3.8) is 0 Å². The molecule has 0 aliphatic rings. The number of benzene rings is 1. The van der Waals surface area contributed by atoms with Crippen LogP contribution in [0.25, 0.3) is 0 Å². The molecule has 1 aromatic carbocycles. The van der Waals surface area contributed by atoms with Crippen LogP contribution in [-0.4, -0.2) is 26.0 Å². The van der Waals surface area contributed by atoms with E-state index in [1.165, 1.54) is 51.4 Å². The van der Waals surface area contributed by atoms with Crippen LogP contribution in [0.5, 0.6) is 5.75 Å². The molecule has 0 aromatic heterocycles. The molecule has 0 aliphatic carbocycles. The van der Waals surface area contributed by atoms with Crippen molar-refractivity contribution in [1.29, 1.82) is 0 Å². The summed E-state index contributed by atoms with van der Waals surface area (Å²) >= 11 is 0. The summed E-state index contributed by atoms with van der Waals surface area (Å²) in [5.41, 5.74) is 0.764. The lowest BCUT2D eigenvalue weighted by atomic mass is 10.1. The lowest BCUT2D eigenvalue weighted by Gasteiger charge is -2.05. The van der Waals surface area contributed by atoms with Gasteiger partial charge in [0.1, 0.15) is 5.75 Å². The minimum Gasteiger partial charge on any atom is -0.497 e. The van der Waals surface area contributed by atoms with Crippen LogP contribution >= 0.6 is 12.4 Å². The number of Topliss-reactive ketones (excluding diaryl/α,β-unsaturated/α-hetero) is 1. The zero-order valence-electron chi connectivity index (χ0n) is 15.3. The number of nitrogens with one attached hydrogen (secondary N) is 1. The fraction of sp³-hybridized carbons (Fsp3) is 0.650. The van der Waals surface area contributed by atoms with Crippen molar-refractivity contribution in [3.8, 4) is 5.75 Å². The van der Waals surface area contributed by atoms with Crippen LogP contribution in [0, 0.1) is 0 Å². The Hall–Kier alpha value is -1.06. The topological polar surface area (TPSA) is 38.3 Å². The Bertz CT molecular complexity index is 420. The molecule has 0 radical (unpaired) electrons. The maximum absolute atomic E-state index is 12.0. The lowest BCUT2D eigenvalue weighted by Crippen LogP contribution is -2.19. The van der Waals surface area contributed by atoms with E-state index >= 15 is 0 Å². The van der Waals surface area contributed by atoms with Gasteiger partial charge in [0.2, 0.25) is 0 Å². The molecular formula is C20H34ClNO2. The molecule has 1 N–H and O–H groups in total. The molecule has 24 heavy (non-hydrogen) atoms. The molecule has 0 amide bonds. The minimum atomic E-state index is 0. The van der Waals surface area contributed by atoms with E-state index in [2.05, 4.69) is 12.2 Å². The van der Waals surface area contributed by atoms with Gasteiger partial charge in [0.05, 0.1) is 7.11 Å². The Labute approximate surface area is 154 Å². The second kappa shape index (κ2) is 15.5. The molecule has 1 rings (SSSR count). The molecule has 1 aromatic rings. The van der Waals surface area contributed by atoms with Crippen molar-refractivity contribution in [2.24, 2.45) is 0 Å². The largest absolute Gasteiger partial charge is 0.497 e. The van der Waals surface area contributed by atoms with Crippen LogP contribution in [-0.2, 0) is 0 Å². The number of unbranched alkanes of at least 4 members (excludes halogenated alkanes) is 7. The highest BCUT2D eigenvalue weighted by Crippen LogP contribution is 2.12. The maximum atomic E-state index is 12.0. The molecule has 0 atom stereocenters. The second-order valence-electron chi connectivity index (χ2n) is 6.13. The quantitative estimate of drug-likeness (QED) is 0.357. The van der Waals surface area contributed by atoms with Gasteiger partial charge in [-0.2, -0.15) is 0 Å². The first-order valence-corrected chi connectivity index (χ1v) is 9.16. The van der Waals surface area contributed by atoms with E-state index in [1.54, 1.807) is 7.11 Å². The Kier molecular flexibility index (Phi) is 14.8. The van der Waals surface area contributed by atoms with Crippen molar-refractivity contribution in [2.75, 3.05) is 20.2 Å². The summed E-state index contributed by atoms with van der Waals surface area (Å²) in [6.45, 7) is 4.04. The molecule has 0 unspecified atom stereocenters. The number of hydrogen-bond acceptors (Lipinski definition) is 3. The van der Waals surface area contributed by atoms with Crippen molar-refractivity contribution in [1.82, 2.24) is 5.32 Å². The standard InChI is InChI=1S/C20H33NO2.ClH/c1-3-4-5-6-7-8-9-10-16-21-17-15-20(22)18-11-13-19(23-2)14-12-18;/h11-14,21H,3-10,15-17H2,1-2H3;1H. The Morgan fingerprint density at radius 3 is 2.08 bits per heavy atom. The van der Waals surface area contributed by atoms with Gasteiger partial charge in [0, 0.05) is 18.5 Å². The molecule has 0 saturated heterocycles. The smallest absolute Gasteiger partial charge is 0.164 e. The number of carbonyl (C=O) groups excluding carboxylic acids is 1. The Morgan fingerprint density at radius 2 is 1.50 bits per heavy atom. The molecule has 0 fully saturated rings. The molecular weight excluding hydrogens is 322 g/mol. The molecule has 4 heteroatoms. The van der Waals surface area contributed by atoms with Crippen LogP contribution < -0.4 is 10.1 Å². The van der Waals surface area contributed by atoms with Gasteiger partial charge >= 0.3 is 0 Å². The van der Waals surface area contributed by atoms with Gasteiger partial charge in [0.25, 0.3) is 0 Å². The molecule has 0 saturated carbocycles. The average Bonchev–Trinajstić information content (AvgIpc) is 2.59. The zero-order valence-corrected chi connectivity index (χ0v) is 16.1. The summed E-state index contributed by atoms with van der Waals surface area (Å²) in [6.07, 6.45) is 11.3. The fourth-order valence-corrected chi connectivity index (χ4v) is 2.63. The van der Waals surface area contributed by atoms with Crippen LogP contribution in [0.2, 0.25) is 0 Å². The van der Waals surface area contributed by atoms with Crippen molar-refractivity contribution in [2.45, 2.75) is 64.7 Å². The summed E-state index contributed by atoms with van der Waals surface area (Å²) in [5.74, 6) is 0.977. The molecule has 0 heterocycles. The van der Waals surface area contributed by atoms with E-state index in [4.69, 9.17) is 4.74 Å². The third-order valence-electron chi connectivity index (χ3n) is 4.15. The molecule has 3 nitrogen and oxygen atoms in total. The predicted molar refractivity (Wildman–Crippen MR) is 105 cm³/mol. The van der Waals surface area contributed by atoms with Gasteiger partial charge in [-0.25, -0.2) is 0 Å². The highest BCUT2D eigenvalue weighted by atomic mass is 35.5. The average molecular weight is 356 g/mol. The fourth-order valence-electron chi connectivity index (χ4n) is 2.63. The van der Waals surface area contributed by atoms with Crippen LogP contribution in [0.3, 0.4) is 0 Å². The number of ether oxygens (including phenoxy) is 1. The second-order valence-corrected chi connectivity index (χ2v) is 6.13. The van der Waals surface area contributed by atoms with E-state index in [0.717, 1.165) is 24.4 Å². The predicted octanol–water partition coefficient (Wildman–Crippen LogP) is 5.42. The van der Waals surface area contributed by atoms with Crippen LogP contribution in [0.15, 0.2) is 24.3 Å². The third kappa shape index (κ3) is 10.7. The molecule has 0 spiro atoms. The number of methoxy groups -OCH3 is 1. The first-order valence-electron chi connectivity index (χ1n) is 9.16. The van der Waals surface area contributed by atoms with Crippen LogP contribution in [0.1, 0.15) is 75.1 Å². The Morgan fingerprint density at radius 1 is 0.917 bits per heavy atom. The summed E-state index contributed by atoms with van der Waals surface area (Å²) < 4.78 is 5.10.